The number of aromatic amines is 1. The predicted molar refractivity (Wildman–Crippen MR) is 128 cm³/mol. The number of halogens is 2. The highest BCUT2D eigenvalue weighted by Gasteiger charge is 2.55. The molecule has 0 unspecified atom stereocenters. The summed E-state index contributed by atoms with van der Waals surface area (Å²) in [6, 6.07) is 13.4. The normalized spacial score (nSPS) is 18.5. The number of urea groups is 1. The Labute approximate surface area is 205 Å². The third-order valence-corrected chi connectivity index (χ3v) is 7.04. The number of benzene rings is 2. The number of carbonyl (C=O) groups excluding carboxylic acids is 4. The Balaban J connectivity index is 1.33. The van der Waals surface area contributed by atoms with Gasteiger partial charge in [-0.25, -0.2) is 13.6 Å². The average Bonchev–Trinajstić information content (AvgIpc) is 3.41. The third kappa shape index (κ3) is 4.02. The van der Waals surface area contributed by atoms with Gasteiger partial charge in [0.05, 0.1) is 6.54 Å². The molecule has 1 saturated heterocycles. The number of carbonyl (C=O) groups is 4. The monoisotopic (exact) mass is 494 g/mol. The van der Waals surface area contributed by atoms with E-state index < -0.39 is 48.6 Å². The molecule has 1 aromatic heterocycles. The summed E-state index contributed by atoms with van der Waals surface area (Å²) >= 11 is 0. The van der Waals surface area contributed by atoms with Crippen LogP contribution in [0.1, 0.15) is 46.5 Å². The number of hydrogen-bond donors (Lipinski definition) is 3. The third-order valence-electron chi connectivity index (χ3n) is 7.04. The highest BCUT2D eigenvalue weighted by atomic mass is 19.3. The number of hydrogen-bond acceptors (Lipinski definition) is 4. The number of Topliss-reactive ketones (excluding diaryl/α,β-unsaturated/α-hetero) is 1. The van der Waals surface area contributed by atoms with E-state index in [1.54, 1.807) is 37.4 Å². The van der Waals surface area contributed by atoms with Crippen molar-refractivity contribution in [2.75, 3.05) is 13.6 Å². The summed E-state index contributed by atoms with van der Waals surface area (Å²) in [5.74, 6) is -4.15. The average molecular weight is 494 g/mol. The minimum Gasteiger partial charge on any atom is -0.354 e. The second-order valence-corrected chi connectivity index (χ2v) is 9.29. The Morgan fingerprint density at radius 3 is 2.39 bits per heavy atom. The molecule has 0 atom stereocenters. The van der Waals surface area contributed by atoms with Crippen molar-refractivity contribution in [2.45, 2.75) is 37.1 Å². The van der Waals surface area contributed by atoms with Gasteiger partial charge in [-0.3, -0.25) is 19.3 Å². The largest absolute Gasteiger partial charge is 0.354 e. The van der Waals surface area contributed by atoms with Crippen LogP contribution in [0.5, 0.6) is 0 Å². The molecule has 2 aliphatic rings. The first-order valence-corrected chi connectivity index (χ1v) is 11.6. The summed E-state index contributed by atoms with van der Waals surface area (Å²) in [6.07, 6.45) is -1.28. The molecule has 36 heavy (non-hydrogen) atoms. The van der Waals surface area contributed by atoms with E-state index in [4.69, 9.17) is 0 Å². The Bertz CT molecular complexity index is 1390. The molecule has 4 amide bonds. The van der Waals surface area contributed by atoms with E-state index in [9.17, 15) is 28.0 Å². The maximum atomic E-state index is 13.6. The molecular weight excluding hydrogens is 470 g/mol. The van der Waals surface area contributed by atoms with Crippen molar-refractivity contribution in [3.05, 3.63) is 59.8 Å². The molecule has 2 fully saturated rings. The summed E-state index contributed by atoms with van der Waals surface area (Å²) in [5.41, 5.74) is 1.85. The second kappa shape index (κ2) is 8.54. The Morgan fingerprint density at radius 2 is 1.72 bits per heavy atom. The smallest absolute Gasteiger partial charge is 0.325 e. The first-order chi connectivity index (χ1) is 17.1. The number of aromatic nitrogens is 1. The summed E-state index contributed by atoms with van der Waals surface area (Å²) in [7, 11) is 1.55. The molecule has 0 bridgehead atoms. The minimum absolute atomic E-state index is 0.156. The van der Waals surface area contributed by atoms with E-state index in [1.807, 2.05) is 18.2 Å². The highest BCUT2D eigenvalue weighted by Crippen LogP contribution is 2.41. The lowest BCUT2D eigenvalue weighted by Crippen LogP contribution is -2.51. The summed E-state index contributed by atoms with van der Waals surface area (Å²) < 4.78 is 27.2. The topological polar surface area (TPSA) is 111 Å². The van der Waals surface area contributed by atoms with Crippen molar-refractivity contribution in [1.82, 2.24) is 20.5 Å². The first kappa shape index (κ1) is 23.7. The van der Waals surface area contributed by atoms with Crippen LogP contribution in [0.2, 0.25) is 0 Å². The van der Waals surface area contributed by atoms with Crippen molar-refractivity contribution in [3.63, 3.8) is 0 Å². The van der Waals surface area contributed by atoms with E-state index in [0.29, 0.717) is 11.3 Å². The van der Waals surface area contributed by atoms with Gasteiger partial charge in [-0.1, -0.05) is 36.4 Å². The van der Waals surface area contributed by atoms with Crippen LogP contribution in [0, 0.1) is 0 Å². The zero-order chi connectivity index (χ0) is 25.7. The van der Waals surface area contributed by atoms with Crippen molar-refractivity contribution >= 4 is 34.5 Å². The van der Waals surface area contributed by atoms with Crippen LogP contribution in [0.3, 0.4) is 0 Å². The molecule has 8 nitrogen and oxygen atoms in total. The second-order valence-electron chi connectivity index (χ2n) is 9.29. The number of alkyl halides is 2. The molecule has 5 rings (SSSR count). The molecule has 1 aliphatic carbocycles. The van der Waals surface area contributed by atoms with Gasteiger partial charge in [0.1, 0.15) is 11.2 Å². The van der Waals surface area contributed by atoms with E-state index in [2.05, 4.69) is 15.6 Å². The van der Waals surface area contributed by atoms with Crippen LogP contribution in [0.15, 0.2) is 48.5 Å². The summed E-state index contributed by atoms with van der Waals surface area (Å²) in [5, 5.41) is 5.97. The van der Waals surface area contributed by atoms with Gasteiger partial charge in [0, 0.05) is 36.4 Å². The molecule has 3 N–H and O–H groups in total. The molecule has 3 aromatic rings. The lowest BCUT2D eigenvalue weighted by atomic mass is 9.80. The van der Waals surface area contributed by atoms with Crippen LogP contribution in [-0.4, -0.2) is 58.6 Å². The molecule has 1 spiro atoms. The zero-order valence-corrected chi connectivity index (χ0v) is 19.5. The highest BCUT2D eigenvalue weighted by molar-refractivity contribution is 6.11. The lowest BCUT2D eigenvalue weighted by Gasteiger charge is -2.34. The van der Waals surface area contributed by atoms with E-state index in [1.165, 1.54) is 0 Å². The predicted octanol–water partition coefficient (Wildman–Crippen LogP) is 3.88. The van der Waals surface area contributed by atoms with Crippen molar-refractivity contribution in [1.29, 1.82) is 0 Å². The fourth-order valence-corrected chi connectivity index (χ4v) is 4.94. The van der Waals surface area contributed by atoms with Gasteiger partial charge in [-0.2, -0.15) is 0 Å². The number of nitrogens with one attached hydrogen (secondary N) is 3. The molecule has 2 aromatic carbocycles. The number of nitrogens with zero attached hydrogens (tertiary/aromatic N) is 1. The summed E-state index contributed by atoms with van der Waals surface area (Å²) in [6.45, 7) is -0.467. The van der Waals surface area contributed by atoms with Crippen LogP contribution in [0.4, 0.5) is 13.6 Å². The number of imide groups is 1. The van der Waals surface area contributed by atoms with Gasteiger partial charge < -0.3 is 15.6 Å². The Morgan fingerprint density at radius 1 is 1.03 bits per heavy atom. The first-order valence-electron chi connectivity index (χ1n) is 11.6. The van der Waals surface area contributed by atoms with Crippen molar-refractivity contribution < 1.29 is 28.0 Å². The van der Waals surface area contributed by atoms with Crippen LogP contribution in [-0.2, 0) is 4.79 Å². The van der Waals surface area contributed by atoms with Crippen LogP contribution < -0.4 is 10.6 Å². The quantitative estimate of drug-likeness (QED) is 0.369. The van der Waals surface area contributed by atoms with Crippen molar-refractivity contribution in [3.8, 4) is 11.1 Å². The van der Waals surface area contributed by atoms with Crippen LogP contribution in [0.25, 0.3) is 22.0 Å². The molecular formula is C26H24F2N4O4. The fourth-order valence-electron chi connectivity index (χ4n) is 4.94. The Hall–Kier alpha value is -4.08. The molecule has 0 radical (unpaired) electrons. The standard InChI is InChI=1S/C26H24F2N4O4/c1-29-22(34)20-13-18-17(3-2-4-19(18)30-20)15-5-7-16(8-6-15)21(33)14-32-23(35)25(31-24(32)36)9-11-26(27,28)12-10-25/h2-8,13,30H,9-12,14H2,1H3,(H,29,34)(H,31,36). The van der Waals surface area contributed by atoms with Crippen LogP contribution >= 0.6 is 0 Å². The number of ketones is 1. The maximum absolute atomic E-state index is 13.6. The molecule has 1 aliphatic heterocycles. The SMILES string of the molecule is CNC(=O)c1cc2c(-c3ccc(C(=O)CN4C(=O)NC5(CCC(F)(F)CC5)C4=O)cc3)cccc2[nH]1. The molecule has 2 heterocycles. The lowest BCUT2D eigenvalue weighted by molar-refractivity contribution is -0.135. The van der Waals surface area contributed by atoms with Gasteiger partial charge in [0.2, 0.25) is 5.92 Å². The van der Waals surface area contributed by atoms with E-state index in [-0.39, 0.29) is 18.7 Å². The van der Waals surface area contributed by atoms with Gasteiger partial charge in [0.15, 0.2) is 5.78 Å². The number of fused-ring (bicyclic) bond motifs is 1. The number of rotatable bonds is 5. The zero-order valence-electron chi connectivity index (χ0n) is 19.5. The van der Waals surface area contributed by atoms with Gasteiger partial charge in [-0.05, 0) is 36.1 Å². The molecule has 1 saturated carbocycles. The number of amides is 4. The molecule has 186 valence electrons. The van der Waals surface area contributed by atoms with Crippen molar-refractivity contribution in [2.24, 2.45) is 0 Å². The minimum atomic E-state index is -2.85. The number of H-pyrrole nitrogens is 1. The van der Waals surface area contributed by atoms with Gasteiger partial charge in [0.25, 0.3) is 11.8 Å². The van der Waals surface area contributed by atoms with E-state index in [0.717, 1.165) is 26.9 Å². The van der Waals surface area contributed by atoms with Gasteiger partial charge in [-0.15, -0.1) is 0 Å². The summed E-state index contributed by atoms with van der Waals surface area (Å²) in [4.78, 5) is 54.2. The van der Waals surface area contributed by atoms with E-state index >= 15 is 0 Å². The van der Waals surface area contributed by atoms with Gasteiger partial charge >= 0.3 is 6.03 Å². The molecule has 10 heteroatoms. The Kier molecular flexibility index (Phi) is 5.61. The fraction of sp³-hybridized carbons (Fsp3) is 0.308. The maximum Gasteiger partial charge on any atom is 0.325 e.